The molecule has 1 N–H and O–H groups in total. The minimum Gasteiger partial charge on any atom is -0.352 e. The molecule has 0 spiro atoms. The molecule has 10 heteroatoms. The molecule has 2 aromatic carbocycles. The highest BCUT2D eigenvalue weighted by Crippen LogP contribution is 2.28. The second-order valence-corrected chi connectivity index (χ2v) is 11.0. The van der Waals surface area contributed by atoms with E-state index in [-0.39, 0.29) is 18.5 Å². The molecule has 2 atom stereocenters. The minimum atomic E-state index is -3.83. The van der Waals surface area contributed by atoms with E-state index in [1.807, 2.05) is 13.8 Å². The SMILES string of the molecule is CC[C@H](C)NC(=O)[C@@H](C)N(Cc1cccc(Cl)c1)C(=O)CN(c1cccc(Cl)c1C)S(C)(=O)=O. The summed E-state index contributed by atoms with van der Waals surface area (Å²) in [5.41, 5.74) is 1.56. The summed E-state index contributed by atoms with van der Waals surface area (Å²) < 4.78 is 26.3. The highest BCUT2D eigenvalue weighted by molar-refractivity contribution is 7.92. The lowest BCUT2D eigenvalue weighted by Gasteiger charge is -2.32. The van der Waals surface area contributed by atoms with Crippen LogP contribution in [0.5, 0.6) is 0 Å². The topological polar surface area (TPSA) is 86.8 Å². The zero-order valence-corrected chi connectivity index (χ0v) is 22.3. The zero-order chi connectivity index (χ0) is 25.6. The van der Waals surface area contributed by atoms with Gasteiger partial charge in [-0.15, -0.1) is 0 Å². The highest BCUT2D eigenvalue weighted by Gasteiger charge is 2.31. The van der Waals surface area contributed by atoms with Gasteiger partial charge in [-0.05, 0) is 62.6 Å². The van der Waals surface area contributed by atoms with E-state index in [0.717, 1.165) is 17.0 Å². The van der Waals surface area contributed by atoms with E-state index in [1.54, 1.807) is 56.3 Å². The first kappa shape index (κ1) is 28.0. The van der Waals surface area contributed by atoms with Crippen LogP contribution in [-0.4, -0.2) is 50.0 Å². The van der Waals surface area contributed by atoms with Crippen molar-refractivity contribution in [1.82, 2.24) is 10.2 Å². The largest absolute Gasteiger partial charge is 0.352 e. The van der Waals surface area contributed by atoms with Crippen LogP contribution in [0.3, 0.4) is 0 Å². The third-order valence-electron chi connectivity index (χ3n) is 5.60. The van der Waals surface area contributed by atoms with Gasteiger partial charge in [-0.1, -0.05) is 48.3 Å². The van der Waals surface area contributed by atoms with Crippen LogP contribution in [0.15, 0.2) is 42.5 Å². The van der Waals surface area contributed by atoms with Crippen molar-refractivity contribution in [3.8, 4) is 0 Å². The number of carbonyl (C=O) groups is 2. The number of nitrogens with zero attached hydrogens (tertiary/aromatic N) is 2. The van der Waals surface area contributed by atoms with Gasteiger partial charge in [0.15, 0.2) is 0 Å². The lowest BCUT2D eigenvalue weighted by molar-refractivity contribution is -0.139. The van der Waals surface area contributed by atoms with E-state index in [4.69, 9.17) is 23.2 Å². The Labute approximate surface area is 212 Å². The number of hydrogen-bond acceptors (Lipinski definition) is 4. The molecule has 7 nitrogen and oxygen atoms in total. The second kappa shape index (κ2) is 11.9. The number of anilines is 1. The molecule has 0 unspecified atom stereocenters. The maximum atomic E-state index is 13.5. The molecule has 2 aromatic rings. The van der Waals surface area contributed by atoms with Gasteiger partial charge in [-0.3, -0.25) is 13.9 Å². The summed E-state index contributed by atoms with van der Waals surface area (Å²) in [5, 5.41) is 3.76. The third kappa shape index (κ3) is 7.35. The Morgan fingerprint density at radius 2 is 1.74 bits per heavy atom. The van der Waals surface area contributed by atoms with Crippen molar-refractivity contribution in [3.05, 3.63) is 63.6 Å². The molecule has 0 radical (unpaired) electrons. The molecular formula is C24H31Cl2N3O4S. The summed E-state index contributed by atoms with van der Waals surface area (Å²) in [5.74, 6) is -0.855. The number of rotatable bonds is 10. The molecule has 0 aliphatic rings. The Bertz CT molecular complexity index is 1140. The monoisotopic (exact) mass is 527 g/mol. The first-order chi connectivity index (χ1) is 15.8. The molecular weight excluding hydrogens is 497 g/mol. The minimum absolute atomic E-state index is 0.0697. The highest BCUT2D eigenvalue weighted by atomic mass is 35.5. The maximum Gasteiger partial charge on any atom is 0.244 e. The van der Waals surface area contributed by atoms with E-state index >= 15 is 0 Å². The van der Waals surface area contributed by atoms with Gasteiger partial charge in [-0.25, -0.2) is 8.42 Å². The Balaban J connectivity index is 2.43. The Morgan fingerprint density at radius 1 is 1.09 bits per heavy atom. The number of nitrogens with one attached hydrogen (secondary N) is 1. The van der Waals surface area contributed by atoms with E-state index in [2.05, 4.69) is 5.32 Å². The molecule has 0 aliphatic carbocycles. The number of carbonyl (C=O) groups excluding carboxylic acids is 2. The fourth-order valence-electron chi connectivity index (χ4n) is 3.34. The summed E-state index contributed by atoms with van der Waals surface area (Å²) >= 11 is 12.3. The van der Waals surface area contributed by atoms with E-state index in [9.17, 15) is 18.0 Å². The summed E-state index contributed by atoms with van der Waals surface area (Å²) in [7, 11) is -3.83. The molecule has 2 rings (SSSR count). The van der Waals surface area contributed by atoms with Gasteiger partial charge < -0.3 is 10.2 Å². The number of halogens is 2. The zero-order valence-electron chi connectivity index (χ0n) is 20.0. The summed E-state index contributed by atoms with van der Waals surface area (Å²) in [6.07, 6.45) is 1.76. The normalized spacial score (nSPS) is 13.1. The van der Waals surface area contributed by atoms with Gasteiger partial charge in [0, 0.05) is 22.6 Å². The fourth-order valence-corrected chi connectivity index (χ4v) is 4.62. The Kier molecular flexibility index (Phi) is 9.79. The van der Waals surface area contributed by atoms with Crippen molar-refractivity contribution in [3.63, 3.8) is 0 Å². The quantitative estimate of drug-likeness (QED) is 0.495. The van der Waals surface area contributed by atoms with Crippen molar-refractivity contribution in [2.45, 2.75) is 52.7 Å². The molecule has 2 amide bonds. The van der Waals surface area contributed by atoms with Gasteiger partial charge in [-0.2, -0.15) is 0 Å². The number of amides is 2. The molecule has 0 bridgehead atoms. The predicted molar refractivity (Wildman–Crippen MR) is 138 cm³/mol. The summed E-state index contributed by atoms with van der Waals surface area (Å²) in [6.45, 7) is 6.73. The average Bonchev–Trinajstić information content (AvgIpc) is 2.76. The van der Waals surface area contributed by atoms with Gasteiger partial charge in [0.25, 0.3) is 0 Å². The van der Waals surface area contributed by atoms with Crippen LogP contribution in [0.1, 0.15) is 38.3 Å². The van der Waals surface area contributed by atoms with Gasteiger partial charge in [0.2, 0.25) is 21.8 Å². The second-order valence-electron chi connectivity index (χ2n) is 8.30. The lowest BCUT2D eigenvalue weighted by atomic mass is 10.1. The first-order valence-electron chi connectivity index (χ1n) is 10.9. The summed E-state index contributed by atoms with van der Waals surface area (Å²) in [4.78, 5) is 27.8. The van der Waals surface area contributed by atoms with Crippen molar-refractivity contribution in [1.29, 1.82) is 0 Å². The van der Waals surface area contributed by atoms with Crippen LogP contribution in [0.25, 0.3) is 0 Å². The van der Waals surface area contributed by atoms with E-state index in [1.165, 1.54) is 4.90 Å². The van der Waals surface area contributed by atoms with Crippen LogP contribution in [0, 0.1) is 6.92 Å². The number of hydrogen-bond donors (Lipinski definition) is 1. The van der Waals surface area contributed by atoms with Crippen LogP contribution in [-0.2, 0) is 26.2 Å². The molecule has 0 saturated carbocycles. The molecule has 34 heavy (non-hydrogen) atoms. The standard InChI is InChI=1S/C24H31Cl2N3O4S/c1-6-16(2)27-24(31)18(4)28(14-19-9-7-10-20(25)13-19)23(30)15-29(34(5,32)33)22-12-8-11-21(26)17(22)3/h7-13,16,18H,6,14-15H2,1-5H3,(H,27,31)/t16-,18+/m0/s1. The first-order valence-corrected chi connectivity index (χ1v) is 13.5. The van der Waals surface area contributed by atoms with Crippen molar-refractivity contribution in [2.75, 3.05) is 17.1 Å². The van der Waals surface area contributed by atoms with Gasteiger partial charge in [0.1, 0.15) is 12.6 Å². The van der Waals surface area contributed by atoms with E-state index < -0.39 is 28.5 Å². The third-order valence-corrected chi connectivity index (χ3v) is 7.37. The molecule has 0 heterocycles. The predicted octanol–water partition coefficient (Wildman–Crippen LogP) is 4.40. The smallest absolute Gasteiger partial charge is 0.244 e. The van der Waals surface area contributed by atoms with Crippen LogP contribution in [0.4, 0.5) is 5.69 Å². The molecule has 186 valence electrons. The number of benzene rings is 2. The number of sulfonamides is 1. The molecule has 0 aromatic heterocycles. The lowest BCUT2D eigenvalue weighted by Crippen LogP contribution is -2.52. The molecule has 0 fully saturated rings. The maximum absolute atomic E-state index is 13.5. The molecule has 0 aliphatic heterocycles. The Morgan fingerprint density at radius 3 is 2.32 bits per heavy atom. The van der Waals surface area contributed by atoms with Crippen molar-refractivity contribution < 1.29 is 18.0 Å². The average molecular weight is 529 g/mol. The van der Waals surface area contributed by atoms with Crippen LogP contribution < -0.4 is 9.62 Å². The van der Waals surface area contributed by atoms with Gasteiger partial charge in [0.05, 0.1) is 11.9 Å². The molecule has 0 saturated heterocycles. The van der Waals surface area contributed by atoms with Crippen LogP contribution >= 0.6 is 23.2 Å². The van der Waals surface area contributed by atoms with Crippen molar-refractivity contribution >= 4 is 50.7 Å². The van der Waals surface area contributed by atoms with Crippen LogP contribution in [0.2, 0.25) is 10.0 Å². The fraction of sp³-hybridized carbons (Fsp3) is 0.417. The Hall–Kier alpha value is -2.29. The van der Waals surface area contributed by atoms with Crippen molar-refractivity contribution in [2.24, 2.45) is 0 Å². The van der Waals surface area contributed by atoms with E-state index in [0.29, 0.717) is 26.9 Å². The summed E-state index contributed by atoms with van der Waals surface area (Å²) in [6, 6.07) is 10.9. The van der Waals surface area contributed by atoms with Gasteiger partial charge >= 0.3 is 0 Å².